The van der Waals surface area contributed by atoms with Crippen molar-refractivity contribution in [2.45, 2.75) is 6.92 Å². The number of methoxy groups -OCH3 is 1. The number of phenolic OH excluding ortho intramolecular Hbond substituents is 1. The van der Waals surface area contributed by atoms with Crippen LogP contribution < -0.4 is 4.90 Å². The molecular weight excluding hydrogens is 389 g/mol. The molecule has 0 aliphatic carbocycles. The molecule has 0 unspecified atom stereocenters. The molecule has 3 rings (SSSR count). The van der Waals surface area contributed by atoms with E-state index in [1.807, 2.05) is 0 Å². The Morgan fingerprint density at radius 1 is 1.11 bits per heavy atom. The lowest BCUT2D eigenvalue weighted by Crippen LogP contribution is -2.24. The Morgan fingerprint density at radius 3 is 2.37 bits per heavy atom. The van der Waals surface area contributed by atoms with Gasteiger partial charge in [0.1, 0.15) is 5.75 Å². The standard InChI is InChI=1S/C20H15Cl2NO4/c1-11-18(20(26)27-2)15(9-12-3-6-14(24)7-4-12)19(25)23(11)13-5-8-16(21)17(22)10-13/h3-10,24H,1-2H3/b15-9-. The van der Waals surface area contributed by atoms with Crippen molar-refractivity contribution in [3.63, 3.8) is 0 Å². The number of amides is 1. The highest BCUT2D eigenvalue weighted by Gasteiger charge is 2.38. The van der Waals surface area contributed by atoms with E-state index in [2.05, 4.69) is 0 Å². The molecule has 0 radical (unpaired) electrons. The molecule has 0 spiro atoms. The summed E-state index contributed by atoms with van der Waals surface area (Å²) in [5.74, 6) is -0.903. The smallest absolute Gasteiger partial charge is 0.340 e. The lowest BCUT2D eigenvalue weighted by Gasteiger charge is -2.18. The van der Waals surface area contributed by atoms with Gasteiger partial charge in [-0.2, -0.15) is 0 Å². The van der Waals surface area contributed by atoms with Crippen LogP contribution in [0.2, 0.25) is 10.0 Å². The second-order valence-electron chi connectivity index (χ2n) is 5.84. The van der Waals surface area contributed by atoms with Crippen LogP contribution in [0.15, 0.2) is 59.3 Å². The van der Waals surface area contributed by atoms with Gasteiger partial charge in [-0.1, -0.05) is 35.3 Å². The lowest BCUT2D eigenvalue weighted by atomic mass is 10.0. The molecule has 7 heteroatoms. The number of carbonyl (C=O) groups excluding carboxylic acids is 2. The summed E-state index contributed by atoms with van der Waals surface area (Å²) in [6, 6.07) is 11.1. The SMILES string of the molecule is COC(=O)C1=C(C)N(c2ccc(Cl)c(Cl)c2)C(=O)/C1=C\c1ccc(O)cc1. The topological polar surface area (TPSA) is 66.8 Å². The van der Waals surface area contributed by atoms with Gasteiger partial charge in [-0.3, -0.25) is 9.69 Å². The van der Waals surface area contributed by atoms with Crippen molar-refractivity contribution in [2.24, 2.45) is 0 Å². The first-order valence-corrected chi connectivity index (χ1v) is 8.69. The number of allylic oxidation sites excluding steroid dienone is 1. The summed E-state index contributed by atoms with van der Waals surface area (Å²) < 4.78 is 4.86. The van der Waals surface area contributed by atoms with Gasteiger partial charge in [0.2, 0.25) is 0 Å². The number of aromatic hydroxyl groups is 1. The van der Waals surface area contributed by atoms with E-state index in [1.54, 1.807) is 43.3 Å². The number of anilines is 1. The predicted molar refractivity (Wildman–Crippen MR) is 105 cm³/mol. The van der Waals surface area contributed by atoms with Crippen molar-refractivity contribution in [1.29, 1.82) is 0 Å². The summed E-state index contributed by atoms with van der Waals surface area (Å²) >= 11 is 12.0. The van der Waals surface area contributed by atoms with Gasteiger partial charge in [0, 0.05) is 5.70 Å². The molecule has 1 heterocycles. The highest BCUT2D eigenvalue weighted by atomic mass is 35.5. The van der Waals surface area contributed by atoms with Crippen LogP contribution in [0, 0.1) is 0 Å². The fourth-order valence-corrected chi connectivity index (χ4v) is 3.14. The first-order chi connectivity index (χ1) is 12.8. The molecule has 27 heavy (non-hydrogen) atoms. The van der Waals surface area contributed by atoms with Gasteiger partial charge in [-0.25, -0.2) is 4.79 Å². The molecule has 0 fully saturated rings. The minimum absolute atomic E-state index is 0.104. The molecular formula is C20H15Cl2NO4. The zero-order valence-corrected chi connectivity index (χ0v) is 16.0. The molecule has 0 aromatic heterocycles. The number of phenols is 1. The van der Waals surface area contributed by atoms with Crippen LogP contribution in [0.1, 0.15) is 12.5 Å². The molecule has 0 saturated carbocycles. The summed E-state index contributed by atoms with van der Waals surface area (Å²) in [5, 5.41) is 10.1. The molecule has 1 amide bonds. The number of hydrogen-bond acceptors (Lipinski definition) is 4. The van der Waals surface area contributed by atoms with Crippen LogP contribution in [0.5, 0.6) is 5.75 Å². The first kappa shape index (κ1) is 19.0. The summed E-state index contributed by atoms with van der Waals surface area (Å²) in [6.45, 7) is 1.66. The Kier molecular flexibility index (Phi) is 5.26. The second-order valence-corrected chi connectivity index (χ2v) is 6.65. The largest absolute Gasteiger partial charge is 0.508 e. The number of ether oxygens (including phenoxy) is 1. The Balaban J connectivity index is 2.14. The van der Waals surface area contributed by atoms with E-state index < -0.39 is 5.97 Å². The molecule has 138 valence electrons. The third-order valence-electron chi connectivity index (χ3n) is 4.16. The monoisotopic (exact) mass is 403 g/mol. The summed E-state index contributed by atoms with van der Waals surface area (Å²) in [5.41, 5.74) is 1.93. The number of carbonyl (C=O) groups is 2. The molecule has 1 aliphatic heterocycles. The molecule has 0 bridgehead atoms. The minimum Gasteiger partial charge on any atom is -0.508 e. The Morgan fingerprint density at radius 2 is 1.78 bits per heavy atom. The molecule has 2 aromatic carbocycles. The van der Waals surface area contributed by atoms with E-state index in [4.69, 9.17) is 27.9 Å². The van der Waals surface area contributed by atoms with Crippen LogP contribution in [-0.4, -0.2) is 24.1 Å². The van der Waals surface area contributed by atoms with Crippen LogP contribution >= 0.6 is 23.2 Å². The van der Waals surface area contributed by atoms with Crippen LogP contribution in [0.3, 0.4) is 0 Å². The van der Waals surface area contributed by atoms with Crippen molar-refractivity contribution in [1.82, 2.24) is 0 Å². The van der Waals surface area contributed by atoms with Crippen LogP contribution in [-0.2, 0) is 14.3 Å². The van der Waals surface area contributed by atoms with E-state index in [-0.39, 0.29) is 22.8 Å². The number of benzene rings is 2. The molecule has 1 aliphatic rings. The third kappa shape index (κ3) is 3.56. The molecule has 0 atom stereocenters. The quantitative estimate of drug-likeness (QED) is 0.601. The average Bonchev–Trinajstić information content (AvgIpc) is 2.89. The van der Waals surface area contributed by atoms with Crippen molar-refractivity contribution >= 4 is 46.8 Å². The molecule has 1 N–H and O–H groups in total. The van der Waals surface area contributed by atoms with Crippen molar-refractivity contribution in [3.05, 3.63) is 74.9 Å². The zero-order chi connectivity index (χ0) is 19.7. The van der Waals surface area contributed by atoms with Gasteiger partial charge in [-0.05, 0) is 48.9 Å². The van der Waals surface area contributed by atoms with Gasteiger partial charge in [-0.15, -0.1) is 0 Å². The van der Waals surface area contributed by atoms with Gasteiger partial charge < -0.3 is 9.84 Å². The Bertz CT molecular complexity index is 994. The van der Waals surface area contributed by atoms with Crippen molar-refractivity contribution in [2.75, 3.05) is 12.0 Å². The number of rotatable bonds is 3. The highest BCUT2D eigenvalue weighted by Crippen LogP contribution is 2.37. The maximum Gasteiger partial charge on any atom is 0.340 e. The van der Waals surface area contributed by atoms with E-state index >= 15 is 0 Å². The van der Waals surface area contributed by atoms with Crippen molar-refractivity contribution < 1.29 is 19.4 Å². The van der Waals surface area contributed by atoms with E-state index in [1.165, 1.54) is 24.1 Å². The van der Waals surface area contributed by atoms with E-state index in [0.29, 0.717) is 27.0 Å². The minimum atomic E-state index is -0.617. The number of halogens is 2. The van der Waals surface area contributed by atoms with Crippen molar-refractivity contribution in [3.8, 4) is 5.75 Å². The van der Waals surface area contributed by atoms with E-state index in [9.17, 15) is 14.7 Å². The summed E-state index contributed by atoms with van der Waals surface area (Å²) in [4.78, 5) is 26.8. The summed E-state index contributed by atoms with van der Waals surface area (Å²) in [6.07, 6.45) is 1.58. The molecule has 2 aromatic rings. The maximum absolute atomic E-state index is 13.1. The van der Waals surface area contributed by atoms with E-state index in [0.717, 1.165) is 0 Å². The highest BCUT2D eigenvalue weighted by molar-refractivity contribution is 6.42. The fourth-order valence-electron chi connectivity index (χ4n) is 2.85. The fraction of sp³-hybridized carbons (Fsp3) is 0.100. The second kappa shape index (κ2) is 7.47. The number of esters is 1. The molecule has 0 saturated heterocycles. The first-order valence-electron chi connectivity index (χ1n) is 7.93. The van der Waals surface area contributed by atoms with Crippen LogP contribution in [0.25, 0.3) is 6.08 Å². The van der Waals surface area contributed by atoms with Gasteiger partial charge >= 0.3 is 5.97 Å². The summed E-state index contributed by atoms with van der Waals surface area (Å²) in [7, 11) is 1.26. The number of hydrogen-bond donors (Lipinski definition) is 1. The zero-order valence-electron chi connectivity index (χ0n) is 14.5. The van der Waals surface area contributed by atoms with Gasteiger partial charge in [0.15, 0.2) is 0 Å². The van der Waals surface area contributed by atoms with Gasteiger partial charge in [0.25, 0.3) is 5.91 Å². The Labute approximate surface area is 166 Å². The normalized spacial score (nSPS) is 15.6. The third-order valence-corrected chi connectivity index (χ3v) is 4.89. The number of nitrogens with zero attached hydrogens (tertiary/aromatic N) is 1. The predicted octanol–water partition coefficient (Wildman–Crippen LogP) is 4.58. The van der Waals surface area contributed by atoms with Crippen LogP contribution in [0.4, 0.5) is 5.69 Å². The maximum atomic E-state index is 13.1. The average molecular weight is 404 g/mol. The van der Waals surface area contributed by atoms with Gasteiger partial charge in [0.05, 0.1) is 34.0 Å². The Hall–Kier alpha value is -2.76. The molecule has 5 nitrogen and oxygen atoms in total. The lowest BCUT2D eigenvalue weighted by molar-refractivity contribution is -0.136.